The number of nitrogens with one attached hydrogen (secondary N) is 1. The van der Waals surface area contributed by atoms with Crippen LogP contribution in [0.5, 0.6) is 5.75 Å². The molecule has 25 heavy (non-hydrogen) atoms. The average Bonchev–Trinajstić information content (AvgIpc) is 2.87. The molecule has 0 aliphatic rings. The summed E-state index contributed by atoms with van der Waals surface area (Å²) in [5, 5.41) is 12.5. The summed E-state index contributed by atoms with van der Waals surface area (Å²) in [6.07, 6.45) is 0. The number of halogens is 2. The summed E-state index contributed by atoms with van der Waals surface area (Å²) in [5.74, 6) is -0.144. The Morgan fingerprint density at radius 3 is 2.76 bits per heavy atom. The zero-order chi connectivity index (χ0) is 18.1. The summed E-state index contributed by atoms with van der Waals surface area (Å²) in [5.41, 5.74) is 1.80. The molecule has 130 valence electrons. The summed E-state index contributed by atoms with van der Waals surface area (Å²) in [6, 6.07) is 9.02. The molecule has 0 spiro atoms. The quantitative estimate of drug-likeness (QED) is 0.744. The van der Waals surface area contributed by atoms with Gasteiger partial charge in [-0.15, -0.1) is 0 Å². The molecule has 0 fully saturated rings. The highest BCUT2D eigenvalue weighted by Gasteiger charge is 2.17. The van der Waals surface area contributed by atoms with E-state index in [0.717, 1.165) is 0 Å². The van der Waals surface area contributed by atoms with Gasteiger partial charge in [-0.25, -0.2) is 9.37 Å². The molecule has 0 unspecified atom stereocenters. The summed E-state index contributed by atoms with van der Waals surface area (Å²) in [6.45, 7) is 3.80. The number of rotatable bonds is 4. The van der Waals surface area contributed by atoms with Gasteiger partial charge in [-0.1, -0.05) is 11.6 Å². The lowest BCUT2D eigenvalue weighted by atomic mass is 10.2. The molecule has 0 aliphatic heterocycles. The van der Waals surface area contributed by atoms with Crippen molar-refractivity contribution in [2.45, 2.75) is 26.4 Å². The number of carbonyl (C=O) groups excluding carboxylic acids is 1. The molecular formula is C18H17ClFN3O2. The standard InChI is InChI=1S/C18H17ClFN3O2/c1-10(2)21-17(25)9-23-16-6-4-12(24)8-15(16)22-18(23)11-3-5-14(20)13(19)7-11/h3-8,10,24H,9H2,1-2H3,(H,21,25). The number of aromatic hydroxyl groups is 1. The first-order chi connectivity index (χ1) is 11.8. The van der Waals surface area contributed by atoms with E-state index in [1.165, 1.54) is 24.3 Å². The number of carbonyl (C=O) groups is 1. The summed E-state index contributed by atoms with van der Waals surface area (Å²) < 4.78 is 15.2. The molecule has 1 aromatic heterocycles. The second-order valence-electron chi connectivity index (χ2n) is 6.05. The van der Waals surface area contributed by atoms with Crippen LogP contribution in [0.2, 0.25) is 5.02 Å². The molecule has 0 saturated carbocycles. The third-order valence-electron chi connectivity index (χ3n) is 3.66. The van der Waals surface area contributed by atoms with Crippen molar-refractivity contribution in [1.82, 2.24) is 14.9 Å². The second kappa shape index (κ2) is 6.72. The molecule has 2 N–H and O–H groups in total. The Labute approximate surface area is 149 Å². The second-order valence-corrected chi connectivity index (χ2v) is 6.45. The molecular weight excluding hydrogens is 345 g/mol. The Balaban J connectivity index is 2.14. The van der Waals surface area contributed by atoms with Crippen molar-refractivity contribution in [2.24, 2.45) is 0 Å². The van der Waals surface area contributed by atoms with Gasteiger partial charge < -0.3 is 15.0 Å². The average molecular weight is 362 g/mol. The van der Waals surface area contributed by atoms with Gasteiger partial charge in [0.05, 0.1) is 16.1 Å². The van der Waals surface area contributed by atoms with Crippen LogP contribution in [0, 0.1) is 5.82 Å². The van der Waals surface area contributed by atoms with Gasteiger partial charge in [0.2, 0.25) is 5.91 Å². The van der Waals surface area contributed by atoms with Crippen LogP contribution in [0.15, 0.2) is 36.4 Å². The third kappa shape index (κ3) is 3.58. The number of amides is 1. The van der Waals surface area contributed by atoms with Crippen LogP contribution in [0.25, 0.3) is 22.4 Å². The molecule has 2 aromatic carbocycles. The van der Waals surface area contributed by atoms with E-state index < -0.39 is 5.82 Å². The number of fused-ring (bicyclic) bond motifs is 1. The van der Waals surface area contributed by atoms with E-state index in [0.29, 0.717) is 22.4 Å². The van der Waals surface area contributed by atoms with Gasteiger partial charge in [-0.2, -0.15) is 0 Å². The van der Waals surface area contributed by atoms with Gasteiger partial charge in [-0.3, -0.25) is 4.79 Å². The Kier molecular flexibility index (Phi) is 4.63. The van der Waals surface area contributed by atoms with Crippen molar-refractivity contribution in [3.8, 4) is 17.1 Å². The number of nitrogens with zero attached hydrogens (tertiary/aromatic N) is 2. The lowest BCUT2D eigenvalue weighted by molar-refractivity contribution is -0.122. The molecule has 3 rings (SSSR count). The van der Waals surface area contributed by atoms with Crippen molar-refractivity contribution < 1.29 is 14.3 Å². The minimum absolute atomic E-state index is 0.00930. The topological polar surface area (TPSA) is 67.2 Å². The monoisotopic (exact) mass is 361 g/mol. The molecule has 1 amide bonds. The zero-order valence-electron chi connectivity index (χ0n) is 13.8. The minimum Gasteiger partial charge on any atom is -0.508 e. The highest BCUT2D eigenvalue weighted by Crippen LogP contribution is 2.29. The molecule has 0 saturated heterocycles. The number of imidazole rings is 1. The lowest BCUT2D eigenvalue weighted by Crippen LogP contribution is -2.33. The van der Waals surface area contributed by atoms with Crippen molar-refractivity contribution in [3.05, 3.63) is 47.2 Å². The Bertz CT molecular complexity index is 953. The molecule has 0 aliphatic carbocycles. The predicted octanol–water partition coefficient (Wildman–Crippen LogP) is 3.73. The number of phenolic OH excluding ortho intramolecular Hbond substituents is 1. The van der Waals surface area contributed by atoms with Crippen molar-refractivity contribution >= 4 is 28.5 Å². The smallest absolute Gasteiger partial charge is 0.240 e. The largest absolute Gasteiger partial charge is 0.508 e. The molecule has 1 heterocycles. The Hall–Kier alpha value is -2.60. The fourth-order valence-electron chi connectivity index (χ4n) is 2.65. The van der Waals surface area contributed by atoms with Crippen LogP contribution in [0.1, 0.15) is 13.8 Å². The van der Waals surface area contributed by atoms with Gasteiger partial charge in [-0.05, 0) is 44.2 Å². The summed E-state index contributed by atoms with van der Waals surface area (Å²) in [4.78, 5) is 16.7. The molecule has 0 radical (unpaired) electrons. The summed E-state index contributed by atoms with van der Waals surface area (Å²) >= 11 is 5.88. The minimum atomic E-state index is -0.525. The molecule has 0 bridgehead atoms. The first-order valence-electron chi connectivity index (χ1n) is 7.79. The number of aromatic nitrogens is 2. The predicted molar refractivity (Wildman–Crippen MR) is 95.1 cm³/mol. The first kappa shape index (κ1) is 17.2. The van der Waals surface area contributed by atoms with Gasteiger partial charge in [0.15, 0.2) is 0 Å². The van der Waals surface area contributed by atoms with Crippen molar-refractivity contribution in [3.63, 3.8) is 0 Å². The summed E-state index contributed by atoms with van der Waals surface area (Å²) in [7, 11) is 0. The van der Waals surface area contributed by atoms with Crippen LogP contribution in [0.4, 0.5) is 4.39 Å². The van der Waals surface area contributed by atoms with Crippen LogP contribution >= 0.6 is 11.6 Å². The van der Waals surface area contributed by atoms with E-state index in [-0.39, 0.29) is 29.3 Å². The molecule has 0 atom stereocenters. The maximum Gasteiger partial charge on any atom is 0.240 e. The van der Waals surface area contributed by atoms with E-state index in [1.54, 1.807) is 16.7 Å². The highest BCUT2D eigenvalue weighted by molar-refractivity contribution is 6.31. The normalized spacial score (nSPS) is 11.2. The maximum absolute atomic E-state index is 13.5. The SMILES string of the molecule is CC(C)NC(=O)Cn1c(-c2ccc(F)c(Cl)c2)nc2cc(O)ccc21. The van der Waals surface area contributed by atoms with E-state index >= 15 is 0 Å². The maximum atomic E-state index is 13.5. The number of hydrogen-bond acceptors (Lipinski definition) is 3. The van der Waals surface area contributed by atoms with E-state index in [9.17, 15) is 14.3 Å². The van der Waals surface area contributed by atoms with Gasteiger partial charge in [0.1, 0.15) is 23.9 Å². The molecule has 5 nitrogen and oxygen atoms in total. The first-order valence-corrected chi connectivity index (χ1v) is 8.17. The van der Waals surface area contributed by atoms with Crippen molar-refractivity contribution in [1.29, 1.82) is 0 Å². The Morgan fingerprint density at radius 2 is 2.08 bits per heavy atom. The number of hydrogen-bond donors (Lipinski definition) is 2. The fourth-order valence-corrected chi connectivity index (χ4v) is 2.83. The highest BCUT2D eigenvalue weighted by atomic mass is 35.5. The van der Waals surface area contributed by atoms with Crippen LogP contribution in [-0.2, 0) is 11.3 Å². The number of benzene rings is 2. The van der Waals surface area contributed by atoms with Crippen LogP contribution < -0.4 is 5.32 Å². The molecule has 7 heteroatoms. The van der Waals surface area contributed by atoms with E-state index in [2.05, 4.69) is 10.3 Å². The van der Waals surface area contributed by atoms with Gasteiger partial charge >= 0.3 is 0 Å². The third-order valence-corrected chi connectivity index (χ3v) is 3.95. The van der Waals surface area contributed by atoms with Gasteiger partial charge in [0, 0.05) is 17.7 Å². The zero-order valence-corrected chi connectivity index (χ0v) is 14.5. The number of phenols is 1. The van der Waals surface area contributed by atoms with Crippen molar-refractivity contribution in [2.75, 3.05) is 0 Å². The van der Waals surface area contributed by atoms with E-state index in [4.69, 9.17) is 11.6 Å². The van der Waals surface area contributed by atoms with Crippen LogP contribution in [0.3, 0.4) is 0 Å². The van der Waals surface area contributed by atoms with Gasteiger partial charge in [0.25, 0.3) is 0 Å². The Morgan fingerprint density at radius 1 is 1.32 bits per heavy atom. The fraction of sp³-hybridized carbons (Fsp3) is 0.222. The van der Waals surface area contributed by atoms with Crippen LogP contribution in [-0.4, -0.2) is 26.6 Å². The van der Waals surface area contributed by atoms with E-state index in [1.807, 2.05) is 13.8 Å². The molecule has 3 aromatic rings. The lowest BCUT2D eigenvalue weighted by Gasteiger charge is -2.12.